The molecule has 2 saturated heterocycles. The summed E-state index contributed by atoms with van der Waals surface area (Å²) in [6, 6.07) is 4.52. The summed E-state index contributed by atoms with van der Waals surface area (Å²) < 4.78 is 47.8. The van der Waals surface area contributed by atoms with E-state index in [0.29, 0.717) is 55.4 Å². The van der Waals surface area contributed by atoms with Crippen molar-refractivity contribution in [3.8, 4) is 28.3 Å². The van der Waals surface area contributed by atoms with Crippen molar-refractivity contribution in [3.63, 3.8) is 0 Å². The van der Waals surface area contributed by atoms with Crippen LogP contribution in [0.5, 0.6) is 5.75 Å². The number of aromatic nitrogens is 3. The zero-order valence-electron chi connectivity index (χ0n) is 35.3. The van der Waals surface area contributed by atoms with Crippen LogP contribution in [-0.2, 0) is 43.2 Å². The minimum Gasteiger partial charge on any atom is -0.489 e. The van der Waals surface area contributed by atoms with E-state index >= 15 is 0 Å². The molecule has 5 atom stereocenters. The number of thiazole rings is 1. The minimum atomic E-state index is -2.61. The number of cyclic esters (lactones) is 1. The molecule has 61 heavy (non-hydrogen) atoms. The second kappa shape index (κ2) is 16.5. The summed E-state index contributed by atoms with van der Waals surface area (Å²) in [7, 11) is 3.84. The quantitative estimate of drug-likeness (QED) is 0.236. The lowest BCUT2D eigenvalue weighted by atomic mass is 9.84. The van der Waals surface area contributed by atoms with E-state index < -0.39 is 53.5 Å². The predicted molar refractivity (Wildman–Crippen MR) is 226 cm³/mol. The number of fused-ring (bicyclic) bond motifs is 6. The number of carbonyl (C=O) groups is 3. The van der Waals surface area contributed by atoms with Crippen molar-refractivity contribution in [1.29, 1.82) is 0 Å². The van der Waals surface area contributed by atoms with Crippen LogP contribution in [0.1, 0.15) is 62.4 Å². The summed E-state index contributed by atoms with van der Waals surface area (Å²) in [6.45, 7) is 11.3. The Kier molecular flexibility index (Phi) is 11.3. The molecule has 6 bridgehead atoms. The summed E-state index contributed by atoms with van der Waals surface area (Å²) in [5.41, 5.74) is 9.93. The van der Waals surface area contributed by atoms with Crippen LogP contribution in [0.3, 0.4) is 0 Å². The van der Waals surface area contributed by atoms with Gasteiger partial charge < -0.3 is 33.9 Å². The monoisotopic (exact) mass is 860 g/mol. The van der Waals surface area contributed by atoms with E-state index in [-0.39, 0.29) is 25.6 Å². The number of nitrogens with zero attached hydrogens (tertiary/aromatic N) is 6. The van der Waals surface area contributed by atoms with Gasteiger partial charge in [0.2, 0.25) is 12.3 Å². The Bertz CT molecular complexity index is 2340. The first-order valence-electron chi connectivity index (χ1n) is 21.3. The first-order valence-corrected chi connectivity index (χ1v) is 22.2. The number of hydrazine groups is 1. The normalized spacial score (nSPS) is 24.9. The van der Waals surface area contributed by atoms with Gasteiger partial charge in [-0.2, -0.15) is 0 Å². The highest BCUT2D eigenvalue weighted by atomic mass is 32.1. The van der Waals surface area contributed by atoms with E-state index in [1.54, 1.807) is 7.11 Å². The molecule has 0 spiro atoms. The number of piperazine rings is 1. The van der Waals surface area contributed by atoms with E-state index in [0.717, 1.165) is 70.8 Å². The Morgan fingerprint density at radius 3 is 2.66 bits per heavy atom. The molecule has 3 fully saturated rings. The molecule has 1 aromatic carbocycles. The third-order valence-electron chi connectivity index (χ3n) is 12.9. The van der Waals surface area contributed by atoms with Crippen molar-refractivity contribution in [2.75, 3.05) is 65.0 Å². The topological polar surface area (TPSA) is 143 Å². The zero-order chi connectivity index (χ0) is 42.7. The molecular weight excluding hydrogens is 807 g/mol. The number of rotatable bonds is 7. The number of benzene rings is 1. The molecule has 0 unspecified atom stereocenters. The Morgan fingerprint density at radius 2 is 1.90 bits per heavy atom. The maximum Gasteiger partial charge on any atom is 0.324 e. The Hall–Kier alpha value is -4.71. The Morgan fingerprint density at radius 1 is 1.10 bits per heavy atom. The van der Waals surface area contributed by atoms with E-state index in [1.165, 1.54) is 16.3 Å². The lowest BCUT2D eigenvalue weighted by molar-refractivity contribution is -0.155. The van der Waals surface area contributed by atoms with Crippen LogP contribution in [0.15, 0.2) is 29.8 Å². The lowest BCUT2D eigenvalue weighted by Gasteiger charge is -2.35. The van der Waals surface area contributed by atoms with Crippen LogP contribution in [-0.4, -0.2) is 121 Å². The molecule has 14 nitrogen and oxygen atoms in total. The number of likely N-dealkylation sites (N-methyl/N-ethyl adjacent to an activating group) is 1. The number of alkyl halides is 2. The maximum atomic E-state index is 14.2. The molecule has 0 radical (unpaired) electrons. The number of amides is 2. The van der Waals surface area contributed by atoms with Gasteiger partial charge in [0, 0.05) is 85.4 Å². The number of anilines is 1. The van der Waals surface area contributed by atoms with Gasteiger partial charge in [-0.15, -0.1) is 11.3 Å². The number of methoxy groups -OCH3 is 1. The molecule has 4 aromatic rings. The van der Waals surface area contributed by atoms with Crippen molar-refractivity contribution >= 4 is 45.7 Å². The summed E-state index contributed by atoms with van der Waals surface area (Å²) in [5.74, 6) is -2.70. The van der Waals surface area contributed by atoms with E-state index in [1.807, 2.05) is 24.6 Å². The maximum absolute atomic E-state index is 14.2. The molecule has 5 aliphatic rings. The van der Waals surface area contributed by atoms with Crippen molar-refractivity contribution < 1.29 is 37.4 Å². The number of hydrogen-bond acceptors (Lipinski definition) is 12. The molecule has 1 aliphatic carbocycles. The molecule has 2 amide bonds. The van der Waals surface area contributed by atoms with Crippen LogP contribution in [0.25, 0.3) is 33.4 Å². The molecule has 17 heteroatoms. The molecule has 326 valence electrons. The standard InChI is InChI=1S/C44H54F2N8O6S/c1-24(58-5)37-30(17-26(21-47-37)52-11-9-51(4)10-12-52)38-31-20-44(2,3)23-60-43(57)32-7-6-8-54(50-32)42(56)33(49-41(55)29-18-28(29)40(45)46)19-36-48-34(22-61-36)25-15-27(31)39-35(16-25)59-14-13-53(38)39/h15-17,21-22,24,28-29,32-33,40,50H,6-14,18-20,23H2,1-5H3,(H,49,55)/t24-,28-,29-,32-,33-/m0/s1. The Labute approximate surface area is 357 Å². The predicted octanol–water partition coefficient (Wildman–Crippen LogP) is 5.23. The van der Waals surface area contributed by atoms with Gasteiger partial charge in [-0.3, -0.25) is 24.4 Å². The van der Waals surface area contributed by atoms with Crippen molar-refractivity contribution in [2.45, 2.75) is 84.0 Å². The SMILES string of the molecule is CO[C@@H](C)c1ncc(N2CCN(C)CC2)cc1-c1c2c3cc(cc4c3n1CCO4)-c1csc(n1)C[C@H](NC(=O)[C@H]1C[C@@H]1C(F)F)C(=O)N1CCC[C@H](N1)C(=O)OCC(C)(C)C2. The molecular formula is C44H54F2N8O6S. The van der Waals surface area contributed by atoms with Crippen LogP contribution < -0.4 is 20.4 Å². The van der Waals surface area contributed by atoms with Crippen LogP contribution in [0.2, 0.25) is 0 Å². The second-order valence-corrected chi connectivity index (χ2v) is 18.9. The molecule has 2 N–H and O–H groups in total. The highest BCUT2D eigenvalue weighted by molar-refractivity contribution is 7.10. The largest absolute Gasteiger partial charge is 0.489 e. The molecule has 7 heterocycles. The molecule has 3 aromatic heterocycles. The van der Waals surface area contributed by atoms with E-state index in [2.05, 4.69) is 58.1 Å². The molecule has 4 aliphatic heterocycles. The average molecular weight is 861 g/mol. The van der Waals surface area contributed by atoms with Gasteiger partial charge in [0.25, 0.3) is 5.91 Å². The van der Waals surface area contributed by atoms with E-state index in [4.69, 9.17) is 24.2 Å². The number of hydrogen-bond donors (Lipinski definition) is 2. The third-order valence-corrected chi connectivity index (χ3v) is 13.8. The van der Waals surface area contributed by atoms with Gasteiger partial charge >= 0.3 is 5.97 Å². The number of carbonyl (C=O) groups excluding carboxylic acids is 3. The first-order chi connectivity index (χ1) is 29.3. The van der Waals surface area contributed by atoms with Crippen LogP contribution in [0, 0.1) is 17.3 Å². The van der Waals surface area contributed by atoms with Gasteiger partial charge in [0.05, 0.1) is 58.7 Å². The summed E-state index contributed by atoms with van der Waals surface area (Å²) in [5, 5.41) is 7.64. The summed E-state index contributed by atoms with van der Waals surface area (Å²) in [6.07, 6.45) is 0.674. The Balaban J connectivity index is 1.18. The summed E-state index contributed by atoms with van der Waals surface area (Å²) in [4.78, 5) is 56.0. The van der Waals surface area contributed by atoms with Crippen LogP contribution in [0.4, 0.5) is 14.5 Å². The number of esters is 1. The minimum absolute atomic E-state index is 0.0390. The zero-order valence-corrected chi connectivity index (χ0v) is 36.2. The van der Waals surface area contributed by atoms with Crippen molar-refractivity contribution in [3.05, 3.63) is 46.0 Å². The smallest absolute Gasteiger partial charge is 0.324 e. The fourth-order valence-corrected chi connectivity index (χ4v) is 10.1. The third kappa shape index (κ3) is 8.21. The lowest BCUT2D eigenvalue weighted by Crippen LogP contribution is -2.60. The van der Waals surface area contributed by atoms with Gasteiger partial charge in [-0.25, -0.2) is 19.2 Å². The van der Waals surface area contributed by atoms with E-state index in [9.17, 15) is 23.2 Å². The van der Waals surface area contributed by atoms with Gasteiger partial charge in [0.15, 0.2) is 0 Å². The fraction of sp³-hybridized carbons (Fsp3) is 0.568. The summed E-state index contributed by atoms with van der Waals surface area (Å²) >= 11 is 1.36. The van der Waals surface area contributed by atoms with Crippen molar-refractivity contribution in [2.24, 2.45) is 17.3 Å². The number of nitrogens with one attached hydrogen (secondary N) is 2. The molecule has 1 saturated carbocycles. The van der Waals surface area contributed by atoms with Gasteiger partial charge in [0.1, 0.15) is 24.4 Å². The number of ether oxygens (including phenoxy) is 3. The number of pyridine rings is 1. The molecule has 9 rings (SSSR count). The second-order valence-electron chi connectivity index (χ2n) is 18.0. The van der Waals surface area contributed by atoms with Gasteiger partial charge in [-0.1, -0.05) is 13.8 Å². The highest BCUT2D eigenvalue weighted by Crippen LogP contribution is 2.47. The average Bonchev–Trinajstić information content (AvgIpc) is 3.85. The van der Waals surface area contributed by atoms with Crippen molar-refractivity contribution in [1.82, 2.24) is 35.2 Å². The first kappa shape index (κ1) is 41.6. The fourth-order valence-electron chi connectivity index (χ4n) is 9.25. The van der Waals surface area contributed by atoms with Gasteiger partial charge in [-0.05, 0) is 63.4 Å². The highest BCUT2D eigenvalue weighted by Gasteiger charge is 2.50. The van der Waals surface area contributed by atoms with Crippen LogP contribution >= 0.6 is 11.3 Å². The number of halogens is 2.